The Morgan fingerprint density at radius 1 is 1.22 bits per heavy atom. The maximum atomic E-state index is 13.3. The topological polar surface area (TPSA) is 109 Å². The summed E-state index contributed by atoms with van der Waals surface area (Å²) in [4.78, 5) is 15.4. The van der Waals surface area contributed by atoms with E-state index in [1.165, 1.54) is 0 Å². The number of piperazine rings is 1. The lowest BCUT2D eigenvalue weighted by Crippen LogP contribution is -2.44. The molecule has 3 aromatic heterocycles. The minimum atomic E-state index is -2.53. The second-order valence-electron chi connectivity index (χ2n) is 8.08. The molecule has 1 aliphatic rings. The Balaban J connectivity index is 1.58. The number of hydrogen-bond donors (Lipinski definition) is 3. The fourth-order valence-corrected chi connectivity index (χ4v) is 4.01. The molecule has 0 bridgehead atoms. The van der Waals surface area contributed by atoms with E-state index in [0.29, 0.717) is 24.9 Å². The maximum Gasteiger partial charge on any atom is 0.258 e. The Kier molecular flexibility index (Phi) is 6.63. The quantitative estimate of drug-likeness (QED) is 0.484. The van der Waals surface area contributed by atoms with Crippen molar-refractivity contribution in [2.75, 3.05) is 42.1 Å². The standard InChI is InChI=1S/C21H29F2N9/c1-3-4-16(17(22)23)28-21-29-18(24)20-27-12-15(32(20)30-21)10-14-9-13(2)19(26-11-14)31-7-5-25-6-8-31/h9,11-12,16-17,25H,3-8,10H2,1-2H3,(H3,24,28,29,30)/t16-/m0/s1. The highest BCUT2D eigenvalue weighted by Crippen LogP contribution is 2.22. The number of pyridine rings is 1. The van der Waals surface area contributed by atoms with E-state index in [2.05, 4.69) is 43.6 Å². The van der Waals surface area contributed by atoms with Crippen LogP contribution in [0.1, 0.15) is 36.6 Å². The van der Waals surface area contributed by atoms with E-state index in [-0.39, 0.29) is 11.8 Å². The Morgan fingerprint density at radius 2 is 2.00 bits per heavy atom. The molecule has 4 heterocycles. The van der Waals surface area contributed by atoms with Gasteiger partial charge in [0.15, 0.2) is 11.5 Å². The van der Waals surface area contributed by atoms with Crippen molar-refractivity contribution in [3.05, 3.63) is 35.3 Å². The van der Waals surface area contributed by atoms with E-state index >= 15 is 0 Å². The first kappa shape index (κ1) is 22.1. The average Bonchev–Trinajstić information content (AvgIpc) is 3.17. The zero-order valence-electron chi connectivity index (χ0n) is 18.4. The first-order valence-electron chi connectivity index (χ1n) is 10.9. The van der Waals surface area contributed by atoms with Gasteiger partial charge in [-0.25, -0.2) is 23.3 Å². The van der Waals surface area contributed by atoms with Crippen molar-refractivity contribution in [1.29, 1.82) is 0 Å². The predicted molar refractivity (Wildman–Crippen MR) is 120 cm³/mol. The number of alkyl halides is 2. The van der Waals surface area contributed by atoms with E-state index < -0.39 is 12.5 Å². The molecule has 0 saturated carbocycles. The smallest absolute Gasteiger partial charge is 0.258 e. The van der Waals surface area contributed by atoms with E-state index in [1.807, 2.05) is 13.1 Å². The highest BCUT2D eigenvalue weighted by molar-refractivity contribution is 5.61. The third kappa shape index (κ3) is 4.72. The molecule has 0 amide bonds. The van der Waals surface area contributed by atoms with E-state index in [1.54, 1.807) is 10.7 Å². The van der Waals surface area contributed by atoms with Crippen LogP contribution in [0, 0.1) is 6.92 Å². The van der Waals surface area contributed by atoms with Crippen molar-refractivity contribution >= 4 is 23.2 Å². The van der Waals surface area contributed by atoms with Gasteiger partial charge in [0.25, 0.3) is 6.43 Å². The number of hydrogen-bond acceptors (Lipinski definition) is 8. The highest BCUT2D eigenvalue weighted by atomic mass is 19.3. The van der Waals surface area contributed by atoms with Crippen molar-refractivity contribution in [3.8, 4) is 0 Å². The third-order valence-corrected chi connectivity index (χ3v) is 5.59. The van der Waals surface area contributed by atoms with Gasteiger partial charge in [-0.05, 0) is 24.5 Å². The molecule has 1 atom stereocenters. The van der Waals surface area contributed by atoms with Crippen molar-refractivity contribution in [2.45, 2.75) is 45.6 Å². The lowest BCUT2D eigenvalue weighted by molar-refractivity contribution is 0.119. The van der Waals surface area contributed by atoms with E-state index in [0.717, 1.165) is 48.8 Å². The monoisotopic (exact) mass is 445 g/mol. The lowest BCUT2D eigenvalue weighted by atomic mass is 10.1. The predicted octanol–water partition coefficient (Wildman–Crippen LogP) is 2.26. The number of fused-ring (bicyclic) bond motifs is 1. The van der Waals surface area contributed by atoms with Gasteiger partial charge in [-0.15, -0.1) is 5.10 Å². The summed E-state index contributed by atoms with van der Waals surface area (Å²) in [6.45, 7) is 7.68. The van der Waals surface area contributed by atoms with Crippen molar-refractivity contribution < 1.29 is 8.78 Å². The molecule has 4 rings (SSSR count). The van der Waals surface area contributed by atoms with Crippen LogP contribution in [0.3, 0.4) is 0 Å². The van der Waals surface area contributed by atoms with Gasteiger partial charge in [0.1, 0.15) is 5.82 Å². The molecule has 4 N–H and O–H groups in total. The zero-order chi connectivity index (χ0) is 22.7. The van der Waals surface area contributed by atoms with Crippen LogP contribution in [-0.4, -0.2) is 63.2 Å². The number of halogens is 2. The number of nitrogens with zero attached hydrogens (tertiary/aromatic N) is 6. The number of nitrogens with two attached hydrogens (primary N) is 1. The minimum absolute atomic E-state index is 0.0661. The van der Waals surface area contributed by atoms with Crippen molar-refractivity contribution in [3.63, 3.8) is 0 Å². The second kappa shape index (κ2) is 9.60. The minimum Gasteiger partial charge on any atom is -0.380 e. The summed E-state index contributed by atoms with van der Waals surface area (Å²) in [5.74, 6) is 1.21. The first-order chi connectivity index (χ1) is 15.5. The van der Waals surface area contributed by atoms with Gasteiger partial charge in [0.2, 0.25) is 5.95 Å². The van der Waals surface area contributed by atoms with Crippen LogP contribution in [0.2, 0.25) is 0 Å². The zero-order valence-corrected chi connectivity index (χ0v) is 18.4. The van der Waals surface area contributed by atoms with Crippen LogP contribution in [-0.2, 0) is 6.42 Å². The first-order valence-corrected chi connectivity index (χ1v) is 10.9. The Labute approximate surface area is 185 Å². The summed E-state index contributed by atoms with van der Waals surface area (Å²) < 4.78 is 28.2. The molecule has 32 heavy (non-hydrogen) atoms. The van der Waals surface area contributed by atoms with Gasteiger partial charge < -0.3 is 21.3 Å². The number of imidazole rings is 1. The lowest BCUT2D eigenvalue weighted by Gasteiger charge is -2.29. The number of rotatable bonds is 8. The van der Waals surface area contributed by atoms with Gasteiger partial charge >= 0.3 is 0 Å². The van der Waals surface area contributed by atoms with Crippen LogP contribution in [0.25, 0.3) is 5.65 Å². The number of nitrogen functional groups attached to an aromatic ring is 1. The van der Waals surface area contributed by atoms with E-state index in [9.17, 15) is 8.78 Å². The average molecular weight is 446 g/mol. The molecule has 172 valence electrons. The summed E-state index contributed by atoms with van der Waals surface area (Å²) in [5, 5.41) is 10.5. The number of aryl methyl sites for hydroxylation is 1. The van der Waals surface area contributed by atoms with Gasteiger partial charge in [0.05, 0.1) is 17.9 Å². The van der Waals surface area contributed by atoms with E-state index in [4.69, 9.17) is 10.7 Å². The SMILES string of the molecule is CCC[C@H](Nc1nc(N)c2ncc(Cc3cnc(N4CCNCC4)c(C)c3)n2n1)C(F)F. The summed E-state index contributed by atoms with van der Waals surface area (Å²) in [6.07, 6.45) is 2.47. The largest absolute Gasteiger partial charge is 0.380 e. The molecular formula is C21H29F2N9. The molecular weight excluding hydrogens is 416 g/mol. The van der Waals surface area contributed by atoms with Gasteiger partial charge in [-0.2, -0.15) is 4.98 Å². The van der Waals surface area contributed by atoms with Crippen LogP contribution in [0.4, 0.5) is 26.4 Å². The normalized spacial score (nSPS) is 15.5. The fraction of sp³-hybridized carbons (Fsp3) is 0.524. The Hall–Kier alpha value is -3.08. The molecule has 0 unspecified atom stereocenters. The molecule has 0 aliphatic carbocycles. The van der Waals surface area contributed by atoms with Crippen LogP contribution in [0.5, 0.6) is 0 Å². The molecule has 3 aromatic rings. The van der Waals surface area contributed by atoms with Crippen LogP contribution >= 0.6 is 0 Å². The summed E-state index contributed by atoms with van der Waals surface area (Å²) in [7, 11) is 0. The van der Waals surface area contributed by atoms with Crippen molar-refractivity contribution in [2.24, 2.45) is 0 Å². The maximum absolute atomic E-state index is 13.3. The van der Waals surface area contributed by atoms with Gasteiger partial charge in [0, 0.05) is 38.8 Å². The molecule has 9 nitrogen and oxygen atoms in total. The Bertz CT molecular complexity index is 1060. The fourth-order valence-electron chi connectivity index (χ4n) is 4.01. The Morgan fingerprint density at radius 3 is 2.69 bits per heavy atom. The van der Waals surface area contributed by atoms with Crippen molar-refractivity contribution in [1.82, 2.24) is 29.9 Å². The molecule has 1 saturated heterocycles. The highest BCUT2D eigenvalue weighted by Gasteiger charge is 2.22. The molecule has 0 spiro atoms. The second-order valence-corrected chi connectivity index (χ2v) is 8.08. The summed E-state index contributed by atoms with van der Waals surface area (Å²) in [6, 6.07) is 1.08. The summed E-state index contributed by atoms with van der Waals surface area (Å²) >= 11 is 0. The molecule has 1 fully saturated rings. The summed E-state index contributed by atoms with van der Waals surface area (Å²) in [5.41, 5.74) is 9.32. The van der Waals surface area contributed by atoms with Crippen LogP contribution < -0.4 is 21.3 Å². The molecule has 1 aliphatic heterocycles. The number of anilines is 3. The van der Waals surface area contributed by atoms with Crippen LogP contribution in [0.15, 0.2) is 18.5 Å². The van der Waals surface area contributed by atoms with Gasteiger partial charge in [-0.1, -0.05) is 19.4 Å². The molecule has 11 heteroatoms. The number of aromatic nitrogens is 5. The molecule has 0 radical (unpaired) electrons. The third-order valence-electron chi connectivity index (χ3n) is 5.59. The van der Waals surface area contributed by atoms with Gasteiger partial charge in [-0.3, -0.25) is 0 Å². The number of nitrogens with one attached hydrogen (secondary N) is 2. The molecule has 0 aromatic carbocycles.